The minimum absolute atomic E-state index is 0.0405. The molecular weight excluding hydrogens is 551 g/mol. The predicted molar refractivity (Wildman–Crippen MR) is 147 cm³/mol. The lowest BCUT2D eigenvalue weighted by molar-refractivity contribution is -0.137. The first-order valence-electron chi connectivity index (χ1n) is 13.7. The van der Waals surface area contributed by atoms with E-state index < -0.39 is 11.7 Å². The lowest BCUT2D eigenvalue weighted by Gasteiger charge is -2.32. The van der Waals surface area contributed by atoms with Gasteiger partial charge < -0.3 is 4.90 Å². The van der Waals surface area contributed by atoms with E-state index in [0.717, 1.165) is 49.6 Å². The van der Waals surface area contributed by atoms with Gasteiger partial charge in [-0.1, -0.05) is 17.3 Å². The molecule has 4 aromatic rings. The summed E-state index contributed by atoms with van der Waals surface area (Å²) >= 11 is 1.55. The van der Waals surface area contributed by atoms with E-state index in [2.05, 4.69) is 21.3 Å². The molecule has 8 nitrogen and oxygen atoms in total. The number of nitriles is 1. The van der Waals surface area contributed by atoms with Crippen LogP contribution in [0.4, 0.5) is 13.2 Å². The number of thiazole rings is 1. The van der Waals surface area contributed by atoms with Crippen molar-refractivity contribution in [2.75, 3.05) is 26.2 Å². The van der Waals surface area contributed by atoms with Crippen LogP contribution in [0.1, 0.15) is 69.8 Å². The minimum atomic E-state index is -4.43. The lowest BCUT2D eigenvalue weighted by atomic mass is 9.97. The number of fused-ring (bicyclic) bond motifs is 1. The lowest BCUT2D eigenvalue weighted by Crippen LogP contribution is -2.39. The fraction of sp³-hybridized carbons (Fsp3) is 0.414. The topological polar surface area (TPSA) is 90.9 Å². The fourth-order valence-corrected chi connectivity index (χ4v) is 6.68. The maximum atomic E-state index is 13.2. The molecule has 0 saturated carbocycles. The molecule has 0 atom stereocenters. The molecule has 2 aromatic carbocycles. The van der Waals surface area contributed by atoms with Gasteiger partial charge in [0, 0.05) is 30.9 Å². The number of nitrogens with zero attached hydrogens (tertiary/aromatic N) is 7. The number of alkyl halides is 3. The van der Waals surface area contributed by atoms with E-state index in [1.165, 1.54) is 11.6 Å². The summed E-state index contributed by atoms with van der Waals surface area (Å²) in [4.78, 5) is 22.2. The monoisotopic (exact) mass is 579 g/mol. The SMILES string of the molecule is N#Cc1ccc(CN2CCC(c3nc(C(=O)N4CCC(n5nnc6cc(C(F)(F)F)ccc65)CC4)cs3)CC2)cc1. The van der Waals surface area contributed by atoms with Crippen molar-refractivity contribution in [2.45, 2.75) is 50.4 Å². The summed E-state index contributed by atoms with van der Waals surface area (Å²) in [6.45, 7) is 3.80. The van der Waals surface area contributed by atoms with Gasteiger partial charge in [0.1, 0.15) is 11.2 Å². The Morgan fingerprint density at radius 1 is 1.02 bits per heavy atom. The van der Waals surface area contributed by atoms with Gasteiger partial charge in [0.05, 0.1) is 33.8 Å². The van der Waals surface area contributed by atoms with Gasteiger partial charge in [0.2, 0.25) is 0 Å². The molecule has 1 amide bonds. The second-order valence-electron chi connectivity index (χ2n) is 10.7. The average molecular weight is 580 g/mol. The number of piperidine rings is 2. The van der Waals surface area contributed by atoms with Gasteiger partial charge in [0.15, 0.2) is 0 Å². The van der Waals surface area contributed by atoms with Gasteiger partial charge in [-0.3, -0.25) is 9.69 Å². The third-order valence-electron chi connectivity index (χ3n) is 8.06. The van der Waals surface area contributed by atoms with Gasteiger partial charge >= 0.3 is 6.18 Å². The van der Waals surface area contributed by atoms with Crippen LogP contribution in [-0.2, 0) is 12.7 Å². The number of carbonyl (C=O) groups excluding carboxylic acids is 1. The van der Waals surface area contributed by atoms with E-state index in [9.17, 15) is 18.0 Å². The molecule has 212 valence electrons. The molecule has 0 bridgehead atoms. The highest BCUT2D eigenvalue weighted by Crippen LogP contribution is 2.34. The van der Waals surface area contributed by atoms with E-state index >= 15 is 0 Å². The molecule has 12 heteroatoms. The first-order valence-corrected chi connectivity index (χ1v) is 14.5. The van der Waals surface area contributed by atoms with Crippen LogP contribution in [0.5, 0.6) is 0 Å². The van der Waals surface area contributed by atoms with Gasteiger partial charge in [0.25, 0.3) is 5.91 Å². The Morgan fingerprint density at radius 3 is 2.44 bits per heavy atom. The zero-order valence-electron chi connectivity index (χ0n) is 22.2. The summed E-state index contributed by atoms with van der Waals surface area (Å²) in [5.74, 6) is 0.255. The van der Waals surface area contributed by atoms with Crippen LogP contribution in [-0.4, -0.2) is 61.9 Å². The molecular formula is C29H28F3N7OS. The summed E-state index contributed by atoms with van der Waals surface area (Å²) in [6.07, 6.45) is -1.18. The zero-order valence-corrected chi connectivity index (χ0v) is 23.0. The normalized spacial score (nSPS) is 17.7. The molecule has 0 aliphatic carbocycles. The maximum Gasteiger partial charge on any atom is 0.416 e. The van der Waals surface area contributed by atoms with Crippen LogP contribution in [0.25, 0.3) is 11.0 Å². The molecule has 2 aliphatic rings. The largest absolute Gasteiger partial charge is 0.416 e. The Morgan fingerprint density at radius 2 is 1.76 bits per heavy atom. The Balaban J connectivity index is 1.02. The molecule has 0 N–H and O–H groups in total. The van der Waals surface area contributed by atoms with E-state index in [1.807, 2.05) is 29.6 Å². The number of carbonyl (C=O) groups is 1. The molecule has 0 unspecified atom stereocenters. The molecule has 41 heavy (non-hydrogen) atoms. The number of rotatable bonds is 5. The highest BCUT2D eigenvalue weighted by molar-refractivity contribution is 7.09. The van der Waals surface area contributed by atoms with Crippen molar-refractivity contribution in [1.82, 2.24) is 29.8 Å². The Labute approximate surface area is 239 Å². The minimum Gasteiger partial charge on any atom is -0.337 e. The molecule has 2 aromatic heterocycles. The number of halogens is 3. The van der Waals surface area contributed by atoms with Crippen LogP contribution in [0.2, 0.25) is 0 Å². The summed E-state index contributed by atoms with van der Waals surface area (Å²) < 4.78 is 40.8. The second-order valence-corrected chi connectivity index (χ2v) is 11.6. The number of hydrogen-bond donors (Lipinski definition) is 0. The standard InChI is InChI=1S/C29H28F3N7OS/c30-29(31,32)22-5-6-26-24(15-22)35-36-39(26)23-9-13-38(14-10-23)28(40)25-18-41-27(34-25)21-7-11-37(12-8-21)17-20-3-1-19(16-33)2-4-20/h1-6,15,18,21,23H,7-14,17H2. The van der Waals surface area contributed by atoms with Crippen LogP contribution >= 0.6 is 11.3 Å². The van der Waals surface area contributed by atoms with Gasteiger partial charge in [-0.15, -0.1) is 16.4 Å². The molecule has 6 rings (SSSR count). The van der Waals surface area contributed by atoms with Gasteiger partial charge in [-0.2, -0.15) is 18.4 Å². The van der Waals surface area contributed by atoms with Gasteiger partial charge in [-0.25, -0.2) is 9.67 Å². The average Bonchev–Trinajstić information content (AvgIpc) is 3.65. The number of hydrogen-bond acceptors (Lipinski definition) is 7. The number of likely N-dealkylation sites (tertiary alicyclic amines) is 2. The Bertz CT molecular complexity index is 1570. The molecule has 2 fully saturated rings. The predicted octanol–water partition coefficient (Wildman–Crippen LogP) is 5.64. The van der Waals surface area contributed by atoms with E-state index in [0.29, 0.717) is 48.6 Å². The molecule has 2 aliphatic heterocycles. The van der Waals surface area contributed by atoms with Crippen LogP contribution in [0.3, 0.4) is 0 Å². The van der Waals surface area contributed by atoms with Crippen molar-refractivity contribution in [1.29, 1.82) is 5.26 Å². The highest BCUT2D eigenvalue weighted by atomic mass is 32.1. The van der Waals surface area contributed by atoms with Gasteiger partial charge in [-0.05, 0) is 74.7 Å². The zero-order chi connectivity index (χ0) is 28.6. The van der Waals surface area contributed by atoms with Crippen molar-refractivity contribution >= 4 is 28.3 Å². The summed E-state index contributed by atoms with van der Waals surface area (Å²) in [5, 5.41) is 19.9. The summed E-state index contributed by atoms with van der Waals surface area (Å²) in [6, 6.07) is 13.3. The maximum absolute atomic E-state index is 13.2. The molecule has 0 spiro atoms. The first kappa shape index (κ1) is 27.4. The Kier molecular flexibility index (Phi) is 7.48. The van der Waals surface area contributed by atoms with Crippen molar-refractivity contribution in [3.63, 3.8) is 0 Å². The number of amides is 1. The first-order chi connectivity index (χ1) is 19.8. The smallest absolute Gasteiger partial charge is 0.337 e. The third kappa shape index (κ3) is 5.83. The summed E-state index contributed by atoms with van der Waals surface area (Å²) in [7, 11) is 0. The summed E-state index contributed by atoms with van der Waals surface area (Å²) in [5.41, 5.74) is 2.38. The van der Waals surface area contributed by atoms with Crippen LogP contribution in [0, 0.1) is 11.3 Å². The van der Waals surface area contributed by atoms with E-state index in [-0.39, 0.29) is 17.5 Å². The molecule has 0 radical (unpaired) electrons. The fourth-order valence-electron chi connectivity index (χ4n) is 5.72. The number of benzene rings is 2. The van der Waals surface area contributed by atoms with E-state index in [4.69, 9.17) is 10.2 Å². The van der Waals surface area contributed by atoms with Crippen LogP contribution in [0.15, 0.2) is 47.8 Å². The van der Waals surface area contributed by atoms with Crippen LogP contribution < -0.4 is 0 Å². The third-order valence-corrected chi connectivity index (χ3v) is 9.07. The van der Waals surface area contributed by atoms with Crippen molar-refractivity contribution < 1.29 is 18.0 Å². The second kappa shape index (κ2) is 11.2. The van der Waals surface area contributed by atoms with Crippen molar-refractivity contribution in [2.24, 2.45) is 0 Å². The Hall–Kier alpha value is -3.82. The molecule has 2 saturated heterocycles. The quantitative estimate of drug-likeness (QED) is 0.304. The number of aromatic nitrogens is 4. The van der Waals surface area contributed by atoms with Crippen molar-refractivity contribution in [3.05, 3.63) is 75.2 Å². The van der Waals surface area contributed by atoms with E-state index in [1.54, 1.807) is 20.9 Å². The highest BCUT2D eigenvalue weighted by Gasteiger charge is 2.32. The molecule has 4 heterocycles. The van der Waals surface area contributed by atoms with Crippen molar-refractivity contribution in [3.8, 4) is 6.07 Å².